The first-order valence-electron chi connectivity index (χ1n) is 4.26. The van der Waals surface area contributed by atoms with E-state index < -0.39 is 0 Å². The van der Waals surface area contributed by atoms with Crippen molar-refractivity contribution in [2.75, 3.05) is 0 Å². The van der Waals surface area contributed by atoms with Gasteiger partial charge in [0.2, 0.25) is 5.88 Å². The van der Waals surface area contributed by atoms with Crippen LogP contribution in [0.4, 0.5) is 0 Å². The SMILES string of the molecule is O=c1cc(O)nc(CNC2CC2)[nH]1. The van der Waals surface area contributed by atoms with E-state index in [1.54, 1.807) is 0 Å². The Hall–Kier alpha value is -1.36. The third-order valence-electron chi connectivity index (χ3n) is 1.91. The summed E-state index contributed by atoms with van der Waals surface area (Å²) in [6, 6.07) is 1.62. The summed E-state index contributed by atoms with van der Waals surface area (Å²) in [5.74, 6) is 0.258. The summed E-state index contributed by atoms with van der Waals surface area (Å²) >= 11 is 0. The molecule has 0 amide bonds. The van der Waals surface area contributed by atoms with E-state index in [1.807, 2.05) is 0 Å². The predicted molar refractivity (Wildman–Crippen MR) is 46.4 cm³/mol. The maximum absolute atomic E-state index is 10.9. The molecule has 1 aliphatic rings. The van der Waals surface area contributed by atoms with Gasteiger partial charge in [-0.05, 0) is 12.8 Å². The van der Waals surface area contributed by atoms with Crippen LogP contribution in [-0.4, -0.2) is 21.1 Å². The lowest BCUT2D eigenvalue weighted by atomic mass is 10.5. The van der Waals surface area contributed by atoms with Crippen LogP contribution in [0.3, 0.4) is 0 Å². The van der Waals surface area contributed by atoms with Gasteiger partial charge in [-0.25, -0.2) is 0 Å². The molecule has 1 fully saturated rings. The largest absolute Gasteiger partial charge is 0.493 e. The summed E-state index contributed by atoms with van der Waals surface area (Å²) in [7, 11) is 0. The van der Waals surface area contributed by atoms with Gasteiger partial charge in [-0.2, -0.15) is 4.98 Å². The molecule has 1 aromatic heterocycles. The molecular formula is C8H11N3O2. The van der Waals surface area contributed by atoms with Crippen LogP contribution in [0.2, 0.25) is 0 Å². The lowest BCUT2D eigenvalue weighted by Crippen LogP contribution is -2.20. The number of hydrogen-bond acceptors (Lipinski definition) is 4. The third-order valence-corrected chi connectivity index (χ3v) is 1.91. The van der Waals surface area contributed by atoms with Crippen molar-refractivity contribution < 1.29 is 5.11 Å². The van der Waals surface area contributed by atoms with Crippen LogP contribution in [0.25, 0.3) is 0 Å². The predicted octanol–water partition coefficient (Wildman–Crippen LogP) is -0.273. The fourth-order valence-corrected chi connectivity index (χ4v) is 1.11. The maximum Gasteiger partial charge on any atom is 0.254 e. The molecule has 5 nitrogen and oxygen atoms in total. The highest BCUT2D eigenvalue weighted by Crippen LogP contribution is 2.18. The van der Waals surface area contributed by atoms with Gasteiger partial charge >= 0.3 is 0 Å². The van der Waals surface area contributed by atoms with Crippen molar-refractivity contribution in [1.29, 1.82) is 0 Å². The Morgan fingerprint density at radius 1 is 1.69 bits per heavy atom. The Morgan fingerprint density at radius 3 is 3.08 bits per heavy atom. The fourth-order valence-electron chi connectivity index (χ4n) is 1.11. The summed E-state index contributed by atoms with van der Waals surface area (Å²) in [5.41, 5.74) is -0.319. The van der Waals surface area contributed by atoms with Gasteiger partial charge < -0.3 is 15.4 Å². The summed E-state index contributed by atoms with van der Waals surface area (Å²) in [6.45, 7) is 0.508. The average molecular weight is 181 g/mol. The molecule has 5 heteroatoms. The summed E-state index contributed by atoms with van der Waals surface area (Å²) < 4.78 is 0. The van der Waals surface area contributed by atoms with E-state index in [4.69, 9.17) is 5.11 Å². The molecule has 70 valence electrons. The summed E-state index contributed by atoms with van der Waals surface area (Å²) in [5, 5.41) is 12.2. The van der Waals surface area contributed by atoms with Gasteiger partial charge in [-0.3, -0.25) is 4.79 Å². The number of nitrogens with one attached hydrogen (secondary N) is 2. The Labute approximate surface area is 74.8 Å². The number of H-pyrrole nitrogens is 1. The molecule has 0 radical (unpaired) electrons. The van der Waals surface area contributed by atoms with Crippen LogP contribution in [0.5, 0.6) is 5.88 Å². The van der Waals surface area contributed by atoms with Crippen molar-refractivity contribution >= 4 is 0 Å². The van der Waals surface area contributed by atoms with Crippen LogP contribution >= 0.6 is 0 Å². The van der Waals surface area contributed by atoms with E-state index in [9.17, 15) is 4.79 Å². The molecule has 0 atom stereocenters. The Morgan fingerprint density at radius 2 is 2.46 bits per heavy atom. The molecule has 1 aromatic rings. The number of aromatic nitrogens is 2. The van der Waals surface area contributed by atoms with Crippen molar-refractivity contribution in [2.24, 2.45) is 0 Å². The van der Waals surface area contributed by atoms with Crippen LogP contribution in [0.15, 0.2) is 10.9 Å². The highest BCUT2D eigenvalue weighted by molar-refractivity contribution is 5.06. The smallest absolute Gasteiger partial charge is 0.254 e. The molecule has 1 heterocycles. The molecule has 0 unspecified atom stereocenters. The zero-order chi connectivity index (χ0) is 9.26. The second-order valence-electron chi connectivity index (χ2n) is 3.21. The highest BCUT2D eigenvalue weighted by atomic mass is 16.3. The number of nitrogens with zero attached hydrogens (tertiary/aromatic N) is 1. The second-order valence-corrected chi connectivity index (χ2v) is 3.21. The second kappa shape index (κ2) is 3.18. The minimum atomic E-state index is -0.319. The Bertz CT molecular complexity index is 357. The quantitative estimate of drug-likeness (QED) is 0.599. The Balaban J connectivity index is 2.05. The average Bonchev–Trinajstić information content (AvgIpc) is 2.81. The van der Waals surface area contributed by atoms with E-state index in [2.05, 4.69) is 15.3 Å². The van der Waals surface area contributed by atoms with Crippen molar-refractivity contribution in [3.8, 4) is 5.88 Å². The molecule has 0 aliphatic heterocycles. The van der Waals surface area contributed by atoms with E-state index in [-0.39, 0.29) is 11.4 Å². The number of rotatable bonds is 3. The van der Waals surface area contributed by atoms with Gasteiger partial charge in [0, 0.05) is 6.04 Å². The molecular weight excluding hydrogens is 170 g/mol. The first-order valence-corrected chi connectivity index (χ1v) is 4.26. The van der Waals surface area contributed by atoms with Gasteiger partial charge in [0.1, 0.15) is 5.82 Å². The first kappa shape index (κ1) is 8.25. The van der Waals surface area contributed by atoms with Crippen LogP contribution in [0, 0.1) is 0 Å². The summed E-state index contributed by atoms with van der Waals surface area (Å²) in [6.07, 6.45) is 2.37. The zero-order valence-electron chi connectivity index (χ0n) is 7.08. The van der Waals surface area contributed by atoms with Crippen molar-refractivity contribution in [3.05, 3.63) is 22.2 Å². The molecule has 0 bridgehead atoms. The minimum Gasteiger partial charge on any atom is -0.493 e. The van der Waals surface area contributed by atoms with Crippen molar-refractivity contribution in [1.82, 2.24) is 15.3 Å². The van der Waals surface area contributed by atoms with Crippen molar-refractivity contribution in [3.63, 3.8) is 0 Å². The lowest BCUT2D eigenvalue weighted by Gasteiger charge is -2.01. The number of aromatic amines is 1. The normalized spacial score (nSPS) is 16.0. The lowest BCUT2D eigenvalue weighted by molar-refractivity contribution is 0.445. The minimum absolute atomic E-state index is 0.226. The van der Waals surface area contributed by atoms with Gasteiger partial charge in [-0.15, -0.1) is 0 Å². The topological polar surface area (TPSA) is 78.0 Å². The van der Waals surface area contributed by atoms with Crippen LogP contribution in [-0.2, 0) is 6.54 Å². The zero-order valence-corrected chi connectivity index (χ0v) is 7.08. The maximum atomic E-state index is 10.9. The van der Waals surface area contributed by atoms with Gasteiger partial charge in [0.05, 0.1) is 12.6 Å². The molecule has 0 spiro atoms. The molecule has 1 aliphatic carbocycles. The van der Waals surface area contributed by atoms with Gasteiger partial charge in [-0.1, -0.05) is 0 Å². The highest BCUT2D eigenvalue weighted by Gasteiger charge is 2.20. The van der Waals surface area contributed by atoms with E-state index in [0.29, 0.717) is 18.4 Å². The first-order chi connectivity index (χ1) is 6.24. The molecule has 2 rings (SSSR count). The molecule has 3 N–H and O–H groups in total. The van der Waals surface area contributed by atoms with E-state index >= 15 is 0 Å². The monoisotopic (exact) mass is 181 g/mol. The standard InChI is InChI=1S/C8H11N3O2/c12-7-3-8(13)11-6(10-7)4-9-5-1-2-5/h3,5,9H,1-2,4H2,(H2,10,11,12,13). The van der Waals surface area contributed by atoms with Crippen LogP contribution < -0.4 is 10.9 Å². The summed E-state index contributed by atoms with van der Waals surface area (Å²) in [4.78, 5) is 17.2. The molecule has 0 saturated heterocycles. The molecule has 1 saturated carbocycles. The number of aromatic hydroxyl groups is 1. The van der Waals surface area contributed by atoms with Crippen LogP contribution in [0.1, 0.15) is 18.7 Å². The fraction of sp³-hybridized carbons (Fsp3) is 0.500. The van der Waals surface area contributed by atoms with E-state index in [0.717, 1.165) is 6.07 Å². The molecule has 0 aromatic carbocycles. The number of hydrogen-bond donors (Lipinski definition) is 3. The molecule has 13 heavy (non-hydrogen) atoms. The van der Waals surface area contributed by atoms with E-state index in [1.165, 1.54) is 12.8 Å². The third kappa shape index (κ3) is 2.29. The Kier molecular flexibility index (Phi) is 2.02. The van der Waals surface area contributed by atoms with Gasteiger partial charge in [0.25, 0.3) is 5.56 Å². The van der Waals surface area contributed by atoms with Gasteiger partial charge in [0.15, 0.2) is 0 Å². The van der Waals surface area contributed by atoms with Crippen molar-refractivity contribution in [2.45, 2.75) is 25.4 Å².